The molecule has 0 saturated carbocycles. The molecule has 1 aromatic carbocycles. The van der Waals surface area contributed by atoms with Crippen LogP contribution in [0.4, 0.5) is 0 Å². The summed E-state index contributed by atoms with van der Waals surface area (Å²) in [6.45, 7) is 15.0. The molecule has 1 aliphatic rings. The first-order valence-electron chi connectivity index (χ1n) is 10.9. The van der Waals surface area contributed by atoms with E-state index >= 15 is 0 Å². The van der Waals surface area contributed by atoms with Crippen LogP contribution in [0.5, 0.6) is 0 Å². The smallest absolute Gasteiger partial charge is 0.191 e. The van der Waals surface area contributed by atoms with E-state index in [9.17, 15) is 0 Å². The predicted octanol–water partition coefficient (Wildman–Crippen LogP) is 3.60. The number of halogens is 1. The van der Waals surface area contributed by atoms with Gasteiger partial charge in [0.05, 0.1) is 25.5 Å². The summed E-state index contributed by atoms with van der Waals surface area (Å²) in [5.74, 6) is 2.01. The quantitative estimate of drug-likeness (QED) is 0.302. The number of rotatable bonds is 8. The van der Waals surface area contributed by atoms with E-state index in [1.807, 2.05) is 13.8 Å². The van der Waals surface area contributed by atoms with Crippen molar-refractivity contribution < 1.29 is 9.26 Å². The van der Waals surface area contributed by atoms with Crippen LogP contribution >= 0.6 is 24.0 Å². The molecule has 0 aliphatic carbocycles. The van der Waals surface area contributed by atoms with Crippen molar-refractivity contribution in [3.8, 4) is 0 Å². The Kier molecular flexibility index (Phi) is 10.8. The predicted molar refractivity (Wildman–Crippen MR) is 135 cm³/mol. The van der Waals surface area contributed by atoms with Crippen molar-refractivity contribution in [3.63, 3.8) is 0 Å². The molecule has 8 heteroatoms. The Labute approximate surface area is 203 Å². The van der Waals surface area contributed by atoms with E-state index in [0.717, 1.165) is 63.4 Å². The van der Waals surface area contributed by atoms with Gasteiger partial charge in [0.2, 0.25) is 0 Å². The summed E-state index contributed by atoms with van der Waals surface area (Å²) in [7, 11) is 0. The van der Waals surface area contributed by atoms with Crippen LogP contribution in [0.2, 0.25) is 0 Å². The van der Waals surface area contributed by atoms with E-state index in [1.54, 1.807) is 0 Å². The molecule has 1 fully saturated rings. The fourth-order valence-electron chi connectivity index (χ4n) is 3.92. The molecule has 0 amide bonds. The molecule has 3 rings (SSSR count). The highest BCUT2D eigenvalue weighted by molar-refractivity contribution is 14.0. The fourth-order valence-corrected chi connectivity index (χ4v) is 3.92. The van der Waals surface area contributed by atoms with E-state index in [-0.39, 0.29) is 29.9 Å². The molecule has 0 bridgehead atoms. The number of hydrogen-bond acceptors (Lipinski definition) is 5. The van der Waals surface area contributed by atoms with Crippen molar-refractivity contribution in [3.05, 3.63) is 52.4 Å². The van der Waals surface area contributed by atoms with Gasteiger partial charge in [-0.1, -0.05) is 36.3 Å². The Bertz CT molecular complexity index is 814. The molecule has 1 aromatic heterocycles. The number of aliphatic imine (C=N–C) groups is 1. The standard InChI is InChI=1S/C23H35N5O2.HI/c1-5-24-23(25-14-17(2)22-18(3)27-30-19(22)4)26-15-20-8-6-7-9-21(20)16-28-10-12-29-13-11-28;/h6-9,17H,5,10-16H2,1-4H3,(H2,24,25,26);1H. The van der Waals surface area contributed by atoms with Gasteiger partial charge in [-0.2, -0.15) is 0 Å². The van der Waals surface area contributed by atoms with E-state index < -0.39 is 0 Å². The average molecular weight is 541 g/mol. The molecular weight excluding hydrogens is 505 g/mol. The van der Waals surface area contributed by atoms with Gasteiger partial charge in [0.1, 0.15) is 5.76 Å². The van der Waals surface area contributed by atoms with Gasteiger partial charge in [-0.05, 0) is 31.9 Å². The van der Waals surface area contributed by atoms with Gasteiger partial charge in [-0.15, -0.1) is 24.0 Å². The second-order valence-corrected chi connectivity index (χ2v) is 7.87. The number of aryl methyl sites for hydroxylation is 2. The molecular formula is C23H36IN5O2. The average Bonchev–Trinajstić information content (AvgIpc) is 3.09. The number of morpholine rings is 1. The zero-order valence-corrected chi connectivity index (χ0v) is 21.4. The number of nitrogens with zero attached hydrogens (tertiary/aromatic N) is 3. The summed E-state index contributed by atoms with van der Waals surface area (Å²) in [4.78, 5) is 7.29. The molecule has 172 valence electrons. The Hall–Kier alpha value is -1.65. The zero-order chi connectivity index (χ0) is 21.3. The summed E-state index contributed by atoms with van der Waals surface area (Å²) >= 11 is 0. The number of aromatic nitrogens is 1. The van der Waals surface area contributed by atoms with Gasteiger partial charge >= 0.3 is 0 Å². The third-order valence-corrected chi connectivity index (χ3v) is 5.52. The molecule has 7 nitrogen and oxygen atoms in total. The normalized spacial score (nSPS) is 15.9. The Morgan fingerprint density at radius 2 is 1.87 bits per heavy atom. The molecule has 2 N–H and O–H groups in total. The van der Waals surface area contributed by atoms with Crippen LogP contribution in [0.15, 0.2) is 33.8 Å². The number of hydrogen-bond donors (Lipinski definition) is 2. The maximum absolute atomic E-state index is 5.47. The van der Waals surface area contributed by atoms with Crippen LogP contribution in [0.3, 0.4) is 0 Å². The van der Waals surface area contributed by atoms with Gasteiger partial charge in [-0.3, -0.25) is 4.90 Å². The van der Waals surface area contributed by atoms with Crippen LogP contribution < -0.4 is 10.6 Å². The SMILES string of the molecule is CCNC(=NCc1ccccc1CN1CCOCC1)NCC(C)c1c(C)noc1C.I. The Morgan fingerprint density at radius 3 is 2.52 bits per heavy atom. The van der Waals surface area contributed by atoms with Gasteiger partial charge < -0.3 is 19.9 Å². The lowest BCUT2D eigenvalue weighted by Crippen LogP contribution is -2.39. The number of ether oxygens (including phenoxy) is 1. The molecule has 31 heavy (non-hydrogen) atoms. The molecule has 0 spiro atoms. The van der Waals surface area contributed by atoms with Crippen molar-refractivity contribution in [1.29, 1.82) is 0 Å². The fraction of sp³-hybridized carbons (Fsp3) is 0.565. The van der Waals surface area contributed by atoms with Gasteiger partial charge in [-0.25, -0.2) is 4.99 Å². The van der Waals surface area contributed by atoms with E-state index in [0.29, 0.717) is 6.54 Å². The Morgan fingerprint density at radius 1 is 1.16 bits per heavy atom. The lowest BCUT2D eigenvalue weighted by molar-refractivity contribution is 0.0341. The third-order valence-electron chi connectivity index (χ3n) is 5.52. The van der Waals surface area contributed by atoms with Crippen molar-refractivity contribution >= 4 is 29.9 Å². The summed E-state index contributed by atoms with van der Waals surface area (Å²) < 4.78 is 10.8. The van der Waals surface area contributed by atoms with Crippen LogP contribution in [0.1, 0.15) is 47.9 Å². The molecule has 1 unspecified atom stereocenters. The van der Waals surface area contributed by atoms with Gasteiger partial charge in [0.15, 0.2) is 5.96 Å². The largest absolute Gasteiger partial charge is 0.379 e. The lowest BCUT2D eigenvalue weighted by atomic mass is 10.00. The summed E-state index contributed by atoms with van der Waals surface area (Å²) in [5, 5.41) is 10.9. The summed E-state index contributed by atoms with van der Waals surface area (Å²) in [5.41, 5.74) is 4.73. The van der Waals surface area contributed by atoms with E-state index in [4.69, 9.17) is 14.3 Å². The second-order valence-electron chi connectivity index (χ2n) is 7.87. The third kappa shape index (κ3) is 7.47. The minimum Gasteiger partial charge on any atom is -0.379 e. The first kappa shape index (κ1) is 25.6. The van der Waals surface area contributed by atoms with Crippen LogP contribution in [-0.2, 0) is 17.8 Å². The molecule has 1 atom stereocenters. The monoisotopic (exact) mass is 541 g/mol. The van der Waals surface area contributed by atoms with Crippen LogP contribution in [-0.4, -0.2) is 55.4 Å². The van der Waals surface area contributed by atoms with Gasteiger partial charge in [0.25, 0.3) is 0 Å². The Balaban J connectivity index is 0.00000341. The van der Waals surface area contributed by atoms with Crippen molar-refractivity contribution in [2.45, 2.75) is 46.7 Å². The first-order valence-corrected chi connectivity index (χ1v) is 10.9. The number of benzene rings is 1. The van der Waals surface area contributed by atoms with E-state index in [2.05, 4.69) is 58.8 Å². The molecule has 0 radical (unpaired) electrons. The minimum atomic E-state index is 0. The first-order chi connectivity index (χ1) is 14.6. The van der Waals surface area contributed by atoms with Crippen molar-refractivity contribution in [1.82, 2.24) is 20.7 Å². The topological polar surface area (TPSA) is 74.9 Å². The van der Waals surface area contributed by atoms with Crippen LogP contribution in [0.25, 0.3) is 0 Å². The van der Waals surface area contributed by atoms with E-state index in [1.165, 1.54) is 16.7 Å². The second kappa shape index (κ2) is 13.0. The minimum absolute atomic E-state index is 0. The number of nitrogens with one attached hydrogen (secondary N) is 2. The summed E-state index contributed by atoms with van der Waals surface area (Å²) in [6.07, 6.45) is 0. The zero-order valence-electron chi connectivity index (χ0n) is 19.1. The lowest BCUT2D eigenvalue weighted by Gasteiger charge is -2.27. The highest BCUT2D eigenvalue weighted by atomic mass is 127. The number of guanidine groups is 1. The highest BCUT2D eigenvalue weighted by Crippen LogP contribution is 2.22. The van der Waals surface area contributed by atoms with Crippen molar-refractivity contribution in [2.24, 2.45) is 4.99 Å². The molecule has 2 heterocycles. The maximum atomic E-state index is 5.47. The highest BCUT2D eigenvalue weighted by Gasteiger charge is 2.17. The molecule has 2 aromatic rings. The van der Waals surface area contributed by atoms with Crippen molar-refractivity contribution in [2.75, 3.05) is 39.4 Å². The molecule has 1 saturated heterocycles. The van der Waals surface area contributed by atoms with Gasteiger partial charge in [0, 0.05) is 44.2 Å². The molecule has 1 aliphatic heterocycles. The van der Waals surface area contributed by atoms with Crippen LogP contribution in [0, 0.1) is 13.8 Å². The maximum Gasteiger partial charge on any atom is 0.191 e. The summed E-state index contributed by atoms with van der Waals surface area (Å²) in [6, 6.07) is 8.58.